The van der Waals surface area contributed by atoms with Crippen LogP contribution >= 0.6 is 23.2 Å². The van der Waals surface area contributed by atoms with Gasteiger partial charge in [-0.2, -0.15) is 5.26 Å². The van der Waals surface area contributed by atoms with Crippen molar-refractivity contribution in [3.63, 3.8) is 0 Å². The fraction of sp³-hybridized carbons (Fsp3) is 0.258. The molecule has 1 spiro atoms. The molecule has 3 aromatic carbocycles. The molecular weight excluding hydrogens is 593 g/mol. The van der Waals surface area contributed by atoms with Crippen LogP contribution in [0.5, 0.6) is 0 Å². The van der Waals surface area contributed by atoms with Crippen molar-refractivity contribution in [3.8, 4) is 6.07 Å². The van der Waals surface area contributed by atoms with Crippen LogP contribution in [-0.2, 0) is 20.7 Å². The molecule has 0 bridgehead atoms. The number of benzene rings is 3. The Morgan fingerprint density at radius 3 is 2.30 bits per heavy atom. The molecule has 0 aromatic heterocycles. The maximum Gasteiger partial charge on any atom is 0.332 e. The third kappa shape index (κ3) is 5.61. The molecule has 3 aromatic rings. The van der Waals surface area contributed by atoms with Gasteiger partial charge in [-0.05, 0) is 60.5 Å². The summed E-state index contributed by atoms with van der Waals surface area (Å²) in [5, 5.41) is 12.7. The molecule has 0 unspecified atom stereocenters. The molecule has 12 heteroatoms. The lowest BCUT2D eigenvalue weighted by Gasteiger charge is -2.33. The molecule has 2 aliphatic heterocycles. The number of amides is 5. The summed E-state index contributed by atoms with van der Waals surface area (Å²) in [5.41, 5.74) is 1.13. The number of carbonyl (C=O) groups is 4. The van der Waals surface area contributed by atoms with E-state index in [-0.39, 0.29) is 41.2 Å². The summed E-state index contributed by atoms with van der Waals surface area (Å²) < 4.78 is 4.98. The van der Waals surface area contributed by atoms with E-state index in [1.54, 1.807) is 55.5 Å². The SMILES string of the molecule is CCOC(=O)Cc1ccc(NC(=O)N2C[C@@H](c3ccc(C#N)cc3)[C@]3(C2)C(=O)N(c2cc(Cl)cc(Cl)c2)C(=O)N3C)cc1. The molecule has 43 heavy (non-hydrogen) atoms. The van der Waals surface area contributed by atoms with Crippen molar-refractivity contribution < 1.29 is 23.9 Å². The fourth-order valence-electron chi connectivity index (χ4n) is 5.65. The Morgan fingerprint density at radius 2 is 1.70 bits per heavy atom. The standard InChI is InChI=1S/C31H27Cl2N5O5/c1-3-43-27(39)12-19-6-10-24(11-7-19)35-29(41)37-17-26(21-8-4-20(16-34)5-9-21)31(18-37)28(40)38(30(42)36(31)2)25-14-22(32)13-23(33)15-25/h4-11,13-15,26H,3,12,17-18H2,1-2H3,(H,35,41)/t26-,31+/m0/s1. The van der Waals surface area contributed by atoms with Crippen LogP contribution in [0.3, 0.4) is 0 Å². The summed E-state index contributed by atoms with van der Waals surface area (Å²) >= 11 is 12.4. The second-order valence-electron chi connectivity index (χ2n) is 10.3. The van der Waals surface area contributed by atoms with Crippen molar-refractivity contribution in [2.24, 2.45) is 0 Å². The van der Waals surface area contributed by atoms with Gasteiger partial charge in [0, 0.05) is 35.2 Å². The summed E-state index contributed by atoms with van der Waals surface area (Å²) in [5.74, 6) is -1.48. The highest BCUT2D eigenvalue weighted by Gasteiger charge is 2.65. The highest BCUT2D eigenvalue weighted by molar-refractivity contribution is 6.36. The summed E-state index contributed by atoms with van der Waals surface area (Å²) in [6, 6.07) is 19.0. The van der Waals surface area contributed by atoms with E-state index >= 15 is 0 Å². The van der Waals surface area contributed by atoms with Gasteiger partial charge in [-0.25, -0.2) is 14.5 Å². The predicted octanol–water partition coefficient (Wildman–Crippen LogP) is 5.44. The lowest BCUT2D eigenvalue weighted by Crippen LogP contribution is -2.54. The van der Waals surface area contributed by atoms with Gasteiger partial charge in [-0.1, -0.05) is 47.5 Å². The van der Waals surface area contributed by atoms with Crippen molar-refractivity contribution >= 4 is 58.5 Å². The van der Waals surface area contributed by atoms with Crippen LogP contribution in [0.2, 0.25) is 10.0 Å². The number of hydrogen-bond donors (Lipinski definition) is 1. The second kappa shape index (κ2) is 12.0. The first-order valence-corrected chi connectivity index (χ1v) is 14.2. The number of urea groups is 2. The van der Waals surface area contributed by atoms with E-state index in [2.05, 4.69) is 11.4 Å². The first kappa shape index (κ1) is 29.9. The fourth-order valence-corrected chi connectivity index (χ4v) is 6.16. The third-order valence-electron chi connectivity index (χ3n) is 7.76. The number of likely N-dealkylation sites (N-methyl/N-ethyl adjacent to an activating group) is 1. The molecule has 2 saturated heterocycles. The smallest absolute Gasteiger partial charge is 0.332 e. The molecule has 2 aliphatic rings. The van der Waals surface area contributed by atoms with Gasteiger partial charge in [0.05, 0.1) is 36.9 Å². The van der Waals surface area contributed by atoms with E-state index in [9.17, 15) is 24.4 Å². The molecule has 1 N–H and O–H groups in total. The molecule has 10 nitrogen and oxygen atoms in total. The Morgan fingerprint density at radius 1 is 1.05 bits per heavy atom. The topological polar surface area (TPSA) is 123 Å². The molecule has 0 radical (unpaired) electrons. The van der Waals surface area contributed by atoms with Crippen LogP contribution in [0.1, 0.15) is 29.5 Å². The minimum atomic E-state index is -1.44. The first-order valence-electron chi connectivity index (χ1n) is 13.5. The van der Waals surface area contributed by atoms with Gasteiger partial charge in [0.15, 0.2) is 0 Å². The van der Waals surface area contributed by atoms with Crippen molar-refractivity contribution in [1.29, 1.82) is 5.26 Å². The van der Waals surface area contributed by atoms with Gasteiger partial charge in [0.25, 0.3) is 5.91 Å². The molecule has 2 atom stereocenters. The van der Waals surface area contributed by atoms with Crippen molar-refractivity contribution in [2.75, 3.05) is 37.0 Å². The molecule has 0 saturated carbocycles. The Hall–Kier alpha value is -4.59. The number of esters is 1. The van der Waals surface area contributed by atoms with E-state index < -0.39 is 29.4 Å². The summed E-state index contributed by atoms with van der Waals surface area (Å²) in [4.78, 5) is 57.2. The van der Waals surface area contributed by atoms with Crippen molar-refractivity contribution in [3.05, 3.63) is 93.5 Å². The molecule has 0 aliphatic carbocycles. The van der Waals surface area contributed by atoms with Crippen LogP contribution in [0.4, 0.5) is 21.0 Å². The maximum atomic E-state index is 14.3. The van der Waals surface area contributed by atoms with Gasteiger partial charge >= 0.3 is 18.0 Å². The summed E-state index contributed by atoms with van der Waals surface area (Å²) in [6.45, 7) is 2.06. The Labute approximate surface area is 258 Å². The molecule has 5 amide bonds. The number of hydrogen-bond acceptors (Lipinski definition) is 6. The number of nitrogens with zero attached hydrogens (tertiary/aromatic N) is 4. The highest BCUT2D eigenvalue weighted by Crippen LogP contribution is 2.46. The zero-order chi connectivity index (χ0) is 30.9. The van der Waals surface area contributed by atoms with Crippen LogP contribution in [0.15, 0.2) is 66.7 Å². The van der Waals surface area contributed by atoms with E-state index in [0.29, 0.717) is 23.4 Å². The first-order chi connectivity index (χ1) is 20.6. The van der Waals surface area contributed by atoms with E-state index in [4.69, 9.17) is 27.9 Å². The minimum Gasteiger partial charge on any atom is -0.466 e. The third-order valence-corrected chi connectivity index (χ3v) is 8.19. The summed E-state index contributed by atoms with van der Waals surface area (Å²) in [6.07, 6.45) is 0.111. The lowest BCUT2D eigenvalue weighted by atomic mass is 9.80. The van der Waals surface area contributed by atoms with Gasteiger partial charge in [0.2, 0.25) is 0 Å². The van der Waals surface area contributed by atoms with Crippen LogP contribution in [0.25, 0.3) is 0 Å². The molecule has 2 fully saturated rings. The number of ether oxygens (including phenoxy) is 1. The number of rotatable bonds is 6. The maximum absolute atomic E-state index is 14.3. The number of carbonyl (C=O) groups excluding carboxylic acids is 4. The highest BCUT2D eigenvalue weighted by atomic mass is 35.5. The number of nitriles is 1. The Bertz CT molecular complexity index is 1620. The second-order valence-corrected chi connectivity index (χ2v) is 11.2. The minimum absolute atomic E-state index is 0.0870. The Kier molecular flexibility index (Phi) is 8.31. The van der Waals surface area contributed by atoms with Crippen LogP contribution in [0, 0.1) is 11.3 Å². The molecule has 220 valence electrons. The summed E-state index contributed by atoms with van der Waals surface area (Å²) in [7, 11) is 1.53. The molecular formula is C31H27Cl2N5O5. The van der Waals surface area contributed by atoms with E-state index in [0.717, 1.165) is 10.5 Å². The number of likely N-dealkylation sites (tertiary alicyclic amines) is 1. The Balaban J connectivity index is 1.46. The van der Waals surface area contributed by atoms with Gasteiger partial charge in [-0.15, -0.1) is 0 Å². The van der Waals surface area contributed by atoms with Crippen molar-refractivity contribution in [2.45, 2.75) is 24.8 Å². The number of imide groups is 1. The zero-order valence-corrected chi connectivity index (χ0v) is 24.9. The monoisotopic (exact) mass is 619 g/mol. The van der Waals surface area contributed by atoms with Crippen LogP contribution in [-0.4, -0.2) is 66.0 Å². The average Bonchev–Trinajstić information content (AvgIpc) is 3.47. The van der Waals surface area contributed by atoms with Crippen molar-refractivity contribution in [1.82, 2.24) is 9.80 Å². The van der Waals surface area contributed by atoms with E-state index in [1.165, 1.54) is 35.0 Å². The number of nitrogens with one attached hydrogen (secondary N) is 1. The van der Waals surface area contributed by atoms with Crippen LogP contribution < -0.4 is 10.2 Å². The van der Waals surface area contributed by atoms with Gasteiger partial charge < -0.3 is 19.9 Å². The predicted molar refractivity (Wildman–Crippen MR) is 161 cm³/mol. The van der Waals surface area contributed by atoms with Gasteiger partial charge in [0.1, 0.15) is 5.54 Å². The lowest BCUT2D eigenvalue weighted by molar-refractivity contribution is -0.142. The average molecular weight is 620 g/mol. The largest absolute Gasteiger partial charge is 0.466 e. The molecule has 5 rings (SSSR count). The normalized spacial score (nSPS) is 19.6. The zero-order valence-electron chi connectivity index (χ0n) is 23.3. The molecule has 2 heterocycles. The number of halogens is 2. The van der Waals surface area contributed by atoms with E-state index in [1.807, 2.05) is 0 Å². The quantitative estimate of drug-likeness (QED) is 0.289. The van der Waals surface area contributed by atoms with Gasteiger partial charge in [-0.3, -0.25) is 9.59 Å². The number of anilines is 2.